The summed E-state index contributed by atoms with van der Waals surface area (Å²) in [5, 5.41) is 16.3. The Balaban J connectivity index is 1.72. The molecule has 0 atom stereocenters. The van der Waals surface area contributed by atoms with Crippen LogP contribution in [0.1, 0.15) is 30.9 Å². The van der Waals surface area contributed by atoms with E-state index in [1.165, 1.54) is 0 Å². The van der Waals surface area contributed by atoms with Crippen LogP contribution in [-0.4, -0.2) is 20.2 Å². The topological polar surface area (TPSA) is 64.9 Å². The molecule has 28 heavy (non-hydrogen) atoms. The zero-order valence-electron chi connectivity index (χ0n) is 15.3. The number of tetrazole rings is 1. The largest absolute Gasteiger partial charge is 0.488 e. The predicted octanol–water partition coefficient (Wildman–Crippen LogP) is 5.73. The van der Waals surface area contributed by atoms with E-state index in [4.69, 9.17) is 27.9 Å². The van der Waals surface area contributed by atoms with E-state index in [-0.39, 0.29) is 6.61 Å². The van der Waals surface area contributed by atoms with E-state index in [9.17, 15) is 0 Å². The molecule has 148 valence electrons. The first-order chi connectivity index (χ1) is 13.6. The van der Waals surface area contributed by atoms with Crippen LogP contribution in [0.3, 0.4) is 0 Å². The van der Waals surface area contributed by atoms with Crippen molar-refractivity contribution >= 4 is 45.1 Å². The van der Waals surface area contributed by atoms with Crippen LogP contribution in [0.4, 0.5) is 5.95 Å². The van der Waals surface area contributed by atoms with E-state index in [0.717, 1.165) is 40.7 Å². The number of unbranched alkanes of at least 4 members (excludes halogenated alkanes) is 1. The molecule has 0 fully saturated rings. The number of nitrogens with one attached hydrogen (secondary N) is 1. The molecule has 0 amide bonds. The fraction of sp³-hybridized carbons (Fsp3) is 0.316. The van der Waals surface area contributed by atoms with Gasteiger partial charge in [0, 0.05) is 38.7 Å². The van der Waals surface area contributed by atoms with E-state index in [1.807, 2.05) is 24.3 Å². The SMILES string of the molecule is CCCCn1nnnc1NCc1cc(Br)ccc1OCc1c(Cl)cccc1Cl. The molecule has 6 nitrogen and oxygen atoms in total. The Morgan fingerprint density at radius 1 is 1.18 bits per heavy atom. The lowest BCUT2D eigenvalue weighted by Crippen LogP contribution is -2.10. The van der Waals surface area contributed by atoms with E-state index in [0.29, 0.717) is 22.5 Å². The number of aryl methyl sites for hydroxylation is 1. The number of halogens is 3. The van der Waals surface area contributed by atoms with Crippen LogP contribution in [0.2, 0.25) is 10.0 Å². The number of hydrogen-bond acceptors (Lipinski definition) is 5. The van der Waals surface area contributed by atoms with E-state index in [2.05, 4.69) is 43.7 Å². The first kappa shape index (κ1) is 20.9. The fourth-order valence-electron chi connectivity index (χ4n) is 2.61. The van der Waals surface area contributed by atoms with Crippen LogP contribution in [0.5, 0.6) is 5.75 Å². The summed E-state index contributed by atoms with van der Waals surface area (Å²) in [4.78, 5) is 0. The third-order valence-corrected chi connectivity index (χ3v) is 5.35. The molecule has 1 N–H and O–H groups in total. The van der Waals surface area contributed by atoms with Gasteiger partial charge in [0.05, 0.1) is 0 Å². The van der Waals surface area contributed by atoms with Crippen molar-refractivity contribution in [3.05, 3.63) is 62.0 Å². The Bertz CT molecular complexity index is 914. The van der Waals surface area contributed by atoms with Crippen LogP contribution in [0.15, 0.2) is 40.9 Å². The highest BCUT2D eigenvalue weighted by atomic mass is 79.9. The third-order valence-electron chi connectivity index (χ3n) is 4.15. The van der Waals surface area contributed by atoms with Crippen LogP contribution in [0, 0.1) is 0 Å². The zero-order valence-corrected chi connectivity index (χ0v) is 18.4. The smallest absolute Gasteiger partial charge is 0.243 e. The molecule has 0 aliphatic heterocycles. The van der Waals surface area contributed by atoms with Gasteiger partial charge in [0.25, 0.3) is 0 Å². The average molecular weight is 485 g/mol. The summed E-state index contributed by atoms with van der Waals surface area (Å²) < 4.78 is 8.74. The van der Waals surface area contributed by atoms with Crippen molar-refractivity contribution in [2.24, 2.45) is 0 Å². The number of aromatic nitrogens is 4. The van der Waals surface area contributed by atoms with Gasteiger partial charge in [-0.05, 0) is 47.2 Å². The standard InChI is InChI=1S/C19H20BrCl2N5O/c1-2-3-9-27-19(24-25-26-27)23-11-13-10-14(20)7-8-18(13)28-12-15-16(21)5-4-6-17(15)22/h4-8,10H,2-3,9,11-12H2,1H3,(H,23,24,26). The quantitative estimate of drug-likeness (QED) is 0.419. The molecule has 9 heteroatoms. The number of benzene rings is 2. The van der Waals surface area contributed by atoms with Crippen molar-refractivity contribution in [1.29, 1.82) is 0 Å². The summed E-state index contributed by atoms with van der Waals surface area (Å²) >= 11 is 16.0. The van der Waals surface area contributed by atoms with Gasteiger partial charge in [0.2, 0.25) is 5.95 Å². The summed E-state index contributed by atoms with van der Waals surface area (Å²) in [5.41, 5.74) is 1.72. The molecule has 1 heterocycles. The minimum Gasteiger partial charge on any atom is -0.488 e. The number of hydrogen-bond donors (Lipinski definition) is 1. The molecule has 0 saturated carbocycles. The van der Waals surface area contributed by atoms with Gasteiger partial charge >= 0.3 is 0 Å². The number of ether oxygens (including phenoxy) is 1. The van der Waals surface area contributed by atoms with E-state index >= 15 is 0 Å². The van der Waals surface area contributed by atoms with Gasteiger partial charge in [-0.2, -0.15) is 0 Å². The second-order valence-corrected chi connectivity index (χ2v) is 7.90. The Morgan fingerprint density at radius 2 is 1.96 bits per heavy atom. The number of anilines is 1. The van der Waals surface area contributed by atoms with Gasteiger partial charge in [0.1, 0.15) is 12.4 Å². The maximum absolute atomic E-state index is 6.24. The summed E-state index contributed by atoms with van der Waals surface area (Å²) in [6, 6.07) is 11.2. The highest BCUT2D eigenvalue weighted by Crippen LogP contribution is 2.29. The molecule has 3 rings (SSSR count). The first-order valence-corrected chi connectivity index (χ1v) is 10.5. The predicted molar refractivity (Wildman–Crippen MR) is 115 cm³/mol. The molecule has 0 radical (unpaired) electrons. The van der Waals surface area contributed by atoms with Gasteiger partial charge in [-0.15, -0.1) is 0 Å². The molecule has 0 spiro atoms. The molecule has 0 bridgehead atoms. The van der Waals surface area contributed by atoms with Crippen molar-refractivity contribution < 1.29 is 4.74 Å². The molecule has 0 aliphatic rings. The van der Waals surface area contributed by atoms with Gasteiger partial charge in [-0.3, -0.25) is 0 Å². The maximum atomic E-state index is 6.24. The zero-order chi connectivity index (χ0) is 19.9. The van der Waals surface area contributed by atoms with Gasteiger partial charge in [-0.1, -0.05) is 63.6 Å². The van der Waals surface area contributed by atoms with Crippen LogP contribution < -0.4 is 10.1 Å². The number of rotatable bonds is 9. The molecule has 0 saturated heterocycles. The summed E-state index contributed by atoms with van der Waals surface area (Å²) in [5.74, 6) is 1.37. The van der Waals surface area contributed by atoms with Crippen molar-refractivity contribution in [2.45, 2.75) is 39.5 Å². The third kappa shape index (κ3) is 5.37. The van der Waals surface area contributed by atoms with Gasteiger partial charge in [-0.25, -0.2) is 4.68 Å². The lowest BCUT2D eigenvalue weighted by Gasteiger charge is -2.14. The summed E-state index contributed by atoms with van der Waals surface area (Å²) in [6.45, 7) is 3.70. The van der Waals surface area contributed by atoms with Crippen molar-refractivity contribution in [2.75, 3.05) is 5.32 Å². The van der Waals surface area contributed by atoms with Crippen molar-refractivity contribution in [3.8, 4) is 5.75 Å². The highest BCUT2D eigenvalue weighted by molar-refractivity contribution is 9.10. The molecular weight excluding hydrogens is 465 g/mol. The van der Waals surface area contributed by atoms with Crippen LogP contribution >= 0.6 is 39.1 Å². The minimum atomic E-state index is 0.279. The normalized spacial score (nSPS) is 10.9. The lowest BCUT2D eigenvalue weighted by molar-refractivity contribution is 0.303. The first-order valence-electron chi connectivity index (χ1n) is 8.92. The summed E-state index contributed by atoms with van der Waals surface area (Å²) in [7, 11) is 0. The van der Waals surface area contributed by atoms with Gasteiger partial charge in [0.15, 0.2) is 0 Å². The Hall–Kier alpha value is -1.83. The average Bonchev–Trinajstić information content (AvgIpc) is 3.13. The number of nitrogens with zero attached hydrogens (tertiary/aromatic N) is 4. The Labute approximate surface area is 182 Å². The second-order valence-electron chi connectivity index (χ2n) is 6.17. The van der Waals surface area contributed by atoms with E-state index in [1.54, 1.807) is 16.8 Å². The Morgan fingerprint density at radius 3 is 2.71 bits per heavy atom. The fourth-order valence-corrected chi connectivity index (χ4v) is 3.53. The second kappa shape index (κ2) is 10.1. The monoisotopic (exact) mass is 483 g/mol. The molecule has 0 unspecified atom stereocenters. The maximum Gasteiger partial charge on any atom is 0.243 e. The summed E-state index contributed by atoms with van der Waals surface area (Å²) in [6.07, 6.45) is 2.09. The van der Waals surface area contributed by atoms with Crippen LogP contribution in [0.25, 0.3) is 0 Å². The minimum absolute atomic E-state index is 0.279. The molecule has 1 aromatic heterocycles. The molecule has 0 aliphatic carbocycles. The molecule has 2 aromatic carbocycles. The highest BCUT2D eigenvalue weighted by Gasteiger charge is 2.11. The van der Waals surface area contributed by atoms with Crippen molar-refractivity contribution in [1.82, 2.24) is 20.2 Å². The van der Waals surface area contributed by atoms with Crippen molar-refractivity contribution in [3.63, 3.8) is 0 Å². The molecule has 3 aromatic rings. The van der Waals surface area contributed by atoms with Gasteiger partial charge < -0.3 is 10.1 Å². The van der Waals surface area contributed by atoms with E-state index < -0.39 is 0 Å². The van der Waals surface area contributed by atoms with Crippen LogP contribution in [-0.2, 0) is 19.7 Å². The molecular formula is C19H20BrCl2N5O. The Kier molecular flexibility index (Phi) is 7.53. The lowest BCUT2D eigenvalue weighted by atomic mass is 10.2.